The fourth-order valence-corrected chi connectivity index (χ4v) is 2.80. The SMILES string of the molecule is CO/N=C(\C)C1(NO)C(=O)N(c2ccc(Br)cc2)N=C1C(C)C. The summed E-state index contributed by atoms with van der Waals surface area (Å²) in [5.41, 5.74) is 1.92. The van der Waals surface area contributed by atoms with Crippen molar-refractivity contribution in [1.29, 1.82) is 0 Å². The smallest absolute Gasteiger partial charge is 0.281 e. The first-order valence-electron chi connectivity index (χ1n) is 7.07. The van der Waals surface area contributed by atoms with Crippen molar-refractivity contribution in [1.82, 2.24) is 5.48 Å². The molecule has 1 aliphatic rings. The van der Waals surface area contributed by atoms with Crippen LogP contribution in [0.15, 0.2) is 39.0 Å². The van der Waals surface area contributed by atoms with E-state index in [0.717, 1.165) is 4.47 Å². The lowest BCUT2D eigenvalue weighted by Gasteiger charge is -2.28. The highest BCUT2D eigenvalue weighted by molar-refractivity contribution is 9.10. The van der Waals surface area contributed by atoms with Crippen molar-refractivity contribution in [3.63, 3.8) is 0 Å². The van der Waals surface area contributed by atoms with Gasteiger partial charge in [-0.05, 0) is 37.1 Å². The molecule has 0 saturated carbocycles. The van der Waals surface area contributed by atoms with E-state index in [4.69, 9.17) is 4.84 Å². The lowest BCUT2D eigenvalue weighted by Crippen LogP contribution is -2.62. The fourth-order valence-electron chi connectivity index (χ4n) is 2.53. The van der Waals surface area contributed by atoms with Gasteiger partial charge >= 0.3 is 0 Å². The Morgan fingerprint density at radius 1 is 1.43 bits per heavy atom. The highest BCUT2D eigenvalue weighted by atomic mass is 79.9. The molecule has 2 rings (SSSR count). The largest absolute Gasteiger partial charge is 0.399 e. The topological polar surface area (TPSA) is 86.5 Å². The Morgan fingerprint density at radius 3 is 2.52 bits per heavy atom. The van der Waals surface area contributed by atoms with Crippen molar-refractivity contribution >= 4 is 38.9 Å². The molecule has 1 aromatic carbocycles. The molecule has 1 heterocycles. The van der Waals surface area contributed by atoms with Crippen LogP contribution in [0.2, 0.25) is 0 Å². The number of hydroxylamine groups is 1. The van der Waals surface area contributed by atoms with Crippen LogP contribution < -0.4 is 10.5 Å². The lowest BCUT2D eigenvalue weighted by atomic mass is 9.83. The number of amides is 1. The van der Waals surface area contributed by atoms with Gasteiger partial charge in [-0.1, -0.05) is 34.9 Å². The van der Waals surface area contributed by atoms with E-state index in [9.17, 15) is 10.0 Å². The van der Waals surface area contributed by atoms with Crippen LogP contribution in [-0.2, 0) is 9.63 Å². The maximum atomic E-state index is 13.0. The van der Waals surface area contributed by atoms with Gasteiger partial charge in [0.2, 0.25) is 5.54 Å². The summed E-state index contributed by atoms with van der Waals surface area (Å²) in [6.45, 7) is 5.39. The van der Waals surface area contributed by atoms with Gasteiger partial charge in [-0.15, -0.1) is 0 Å². The van der Waals surface area contributed by atoms with E-state index in [-0.39, 0.29) is 11.6 Å². The molecule has 2 N–H and O–H groups in total. The number of hydrazone groups is 1. The van der Waals surface area contributed by atoms with Crippen molar-refractivity contribution in [2.45, 2.75) is 26.3 Å². The Labute approximate surface area is 143 Å². The molecule has 0 fully saturated rings. The quantitative estimate of drug-likeness (QED) is 0.605. The molecule has 0 spiro atoms. The second kappa shape index (κ2) is 6.77. The summed E-state index contributed by atoms with van der Waals surface area (Å²) in [5.74, 6) is -0.537. The molecule has 1 aromatic rings. The van der Waals surface area contributed by atoms with Crippen LogP contribution in [0.5, 0.6) is 0 Å². The summed E-state index contributed by atoms with van der Waals surface area (Å²) in [4.78, 5) is 17.8. The summed E-state index contributed by atoms with van der Waals surface area (Å²) < 4.78 is 0.893. The molecule has 1 atom stereocenters. The van der Waals surface area contributed by atoms with Crippen LogP contribution in [0, 0.1) is 5.92 Å². The molecule has 23 heavy (non-hydrogen) atoms. The number of carbonyl (C=O) groups is 1. The minimum absolute atomic E-state index is 0.0962. The van der Waals surface area contributed by atoms with Crippen LogP contribution in [0.25, 0.3) is 0 Å². The highest BCUT2D eigenvalue weighted by Crippen LogP contribution is 2.31. The summed E-state index contributed by atoms with van der Waals surface area (Å²) in [7, 11) is 1.38. The van der Waals surface area contributed by atoms with Gasteiger partial charge in [-0.2, -0.15) is 15.6 Å². The molecule has 0 saturated heterocycles. The zero-order valence-electron chi connectivity index (χ0n) is 13.4. The van der Waals surface area contributed by atoms with Crippen LogP contribution in [-0.4, -0.2) is 35.2 Å². The third-order valence-electron chi connectivity index (χ3n) is 3.66. The molecule has 0 aromatic heterocycles. The summed E-state index contributed by atoms with van der Waals surface area (Å²) in [6.07, 6.45) is 0. The number of hydrogen-bond donors (Lipinski definition) is 2. The van der Waals surface area contributed by atoms with Gasteiger partial charge in [-0.3, -0.25) is 4.79 Å². The monoisotopic (exact) mass is 382 g/mol. The van der Waals surface area contributed by atoms with E-state index in [0.29, 0.717) is 11.4 Å². The molecular weight excluding hydrogens is 364 g/mol. The molecule has 8 heteroatoms. The Hall–Kier alpha value is -1.77. The van der Waals surface area contributed by atoms with E-state index < -0.39 is 11.4 Å². The normalized spacial score (nSPS) is 21.9. The molecule has 7 nitrogen and oxygen atoms in total. The van der Waals surface area contributed by atoms with E-state index in [2.05, 4.69) is 31.7 Å². The van der Waals surface area contributed by atoms with E-state index in [1.54, 1.807) is 19.1 Å². The molecule has 124 valence electrons. The maximum Gasteiger partial charge on any atom is 0.281 e. The number of nitrogens with one attached hydrogen (secondary N) is 1. The Balaban J connectivity index is 2.57. The number of carbonyl (C=O) groups excluding carboxylic acids is 1. The second-order valence-electron chi connectivity index (χ2n) is 5.45. The fraction of sp³-hybridized carbons (Fsp3) is 0.400. The molecule has 0 aliphatic carbocycles. The lowest BCUT2D eigenvalue weighted by molar-refractivity contribution is -0.122. The molecule has 1 amide bonds. The van der Waals surface area contributed by atoms with E-state index >= 15 is 0 Å². The Morgan fingerprint density at radius 2 is 2.04 bits per heavy atom. The zero-order valence-corrected chi connectivity index (χ0v) is 15.0. The number of nitrogens with zero attached hydrogens (tertiary/aromatic N) is 3. The van der Waals surface area contributed by atoms with Crippen LogP contribution in [0.3, 0.4) is 0 Å². The Kier molecular flexibility index (Phi) is 5.18. The summed E-state index contributed by atoms with van der Waals surface area (Å²) in [6, 6.07) is 7.16. The van der Waals surface area contributed by atoms with Gasteiger partial charge in [0.1, 0.15) is 7.11 Å². The van der Waals surface area contributed by atoms with Crippen LogP contribution >= 0.6 is 15.9 Å². The third kappa shape index (κ3) is 2.89. The molecule has 1 aliphatic heterocycles. The first kappa shape index (κ1) is 17.6. The molecule has 0 radical (unpaired) electrons. The third-order valence-corrected chi connectivity index (χ3v) is 4.19. The predicted molar refractivity (Wildman–Crippen MR) is 91.7 cm³/mol. The van der Waals surface area contributed by atoms with Gasteiger partial charge < -0.3 is 10.0 Å². The highest BCUT2D eigenvalue weighted by Gasteiger charge is 2.55. The Bertz CT molecular complexity index is 657. The van der Waals surface area contributed by atoms with Crippen molar-refractivity contribution in [3.8, 4) is 0 Å². The summed E-state index contributed by atoms with van der Waals surface area (Å²) in [5, 5.41) is 19.3. The average molecular weight is 383 g/mol. The van der Waals surface area contributed by atoms with Gasteiger partial charge in [0.25, 0.3) is 5.91 Å². The van der Waals surface area contributed by atoms with Crippen LogP contribution in [0.4, 0.5) is 5.69 Å². The number of oxime groups is 1. The molecule has 0 bridgehead atoms. The predicted octanol–water partition coefficient (Wildman–Crippen LogP) is 2.55. The van der Waals surface area contributed by atoms with Crippen LogP contribution in [0.1, 0.15) is 20.8 Å². The maximum absolute atomic E-state index is 13.0. The second-order valence-corrected chi connectivity index (χ2v) is 6.37. The van der Waals surface area contributed by atoms with Crippen molar-refractivity contribution in [2.75, 3.05) is 12.1 Å². The van der Waals surface area contributed by atoms with Crippen molar-refractivity contribution < 1.29 is 14.8 Å². The standard InChI is InChI=1S/C15H19BrN4O3/c1-9(2)13-15(19-22,10(3)18-23-4)14(21)20(17-13)12-7-5-11(16)6-8-12/h5-9,19,22H,1-4H3/b18-10+. The van der Waals surface area contributed by atoms with Gasteiger partial charge in [-0.25, -0.2) is 0 Å². The average Bonchev–Trinajstić information content (AvgIpc) is 2.82. The number of rotatable bonds is 5. The van der Waals surface area contributed by atoms with Gasteiger partial charge in [0.15, 0.2) is 0 Å². The van der Waals surface area contributed by atoms with E-state index in [1.807, 2.05) is 26.0 Å². The number of benzene rings is 1. The number of anilines is 1. The van der Waals surface area contributed by atoms with Crippen molar-refractivity contribution in [3.05, 3.63) is 28.7 Å². The van der Waals surface area contributed by atoms with Crippen molar-refractivity contribution in [2.24, 2.45) is 16.2 Å². The molecule has 1 unspecified atom stereocenters. The van der Waals surface area contributed by atoms with E-state index in [1.165, 1.54) is 12.1 Å². The number of halogens is 1. The first-order valence-corrected chi connectivity index (χ1v) is 7.86. The zero-order chi connectivity index (χ0) is 17.2. The van der Waals surface area contributed by atoms with Gasteiger partial charge in [0.05, 0.1) is 17.1 Å². The minimum atomic E-state index is -1.53. The molecular formula is C15H19BrN4O3. The number of hydrogen-bond acceptors (Lipinski definition) is 6. The minimum Gasteiger partial charge on any atom is -0.399 e. The van der Waals surface area contributed by atoms with Gasteiger partial charge in [0, 0.05) is 4.47 Å². The first-order chi connectivity index (χ1) is 10.9. The summed E-state index contributed by atoms with van der Waals surface area (Å²) >= 11 is 3.36.